The lowest BCUT2D eigenvalue weighted by Crippen LogP contribution is -2.24. The average molecular weight is 202 g/mol. The zero-order valence-corrected chi connectivity index (χ0v) is 9.96. The summed E-state index contributed by atoms with van der Waals surface area (Å²) in [6, 6.07) is 0. The number of hydrogen-bond donors (Lipinski definition) is 1. The Hall–Kier alpha value is -0.0800. The molecule has 2 heteroatoms. The topological polar surface area (TPSA) is 29.5 Å². The van der Waals surface area contributed by atoms with Gasteiger partial charge in [0, 0.05) is 0 Å². The monoisotopic (exact) mass is 202 g/mol. The smallest absolute Gasteiger partial charge is 0.0809 e. The van der Waals surface area contributed by atoms with Crippen molar-refractivity contribution in [3.8, 4) is 0 Å². The van der Waals surface area contributed by atoms with E-state index in [0.717, 1.165) is 32.1 Å². The Labute approximate surface area is 88.7 Å². The molecular weight excluding hydrogens is 176 g/mol. The van der Waals surface area contributed by atoms with E-state index < -0.39 is 0 Å². The highest BCUT2D eigenvalue weighted by Gasteiger charge is 2.13. The lowest BCUT2D eigenvalue weighted by molar-refractivity contribution is -0.0482. The molecule has 0 aliphatic carbocycles. The van der Waals surface area contributed by atoms with Crippen LogP contribution in [0.4, 0.5) is 0 Å². The van der Waals surface area contributed by atoms with Crippen LogP contribution in [0.15, 0.2) is 0 Å². The van der Waals surface area contributed by atoms with Gasteiger partial charge in [-0.1, -0.05) is 40.0 Å². The Morgan fingerprint density at radius 2 is 1.71 bits per heavy atom. The van der Waals surface area contributed by atoms with Crippen LogP contribution in [0.2, 0.25) is 0 Å². The molecule has 0 aliphatic rings. The zero-order valence-electron chi connectivity index (χ0n) is 9.96. The maximum Gasteiger partial charge on any atom is 0.0809 e. The van der Waals surface area contributed by atoms with Crippen molar-refractivity contribution in [3.63, 3.8) is 0 Å². The number of unbranched alkanes of at least 4 members (excludes halogenated alkanes) is 1. The summed E-state index contributed by atoms with van der Waals surface area (Å²) in [5.41, 5.74) is 0. The van der Waals surface area contributed by atoms with Gasteiger partial charge in [-0.2, -0.15) is 0 Å². The largest absolute Gasteiger partial charge is 0.394 e. The van der Waals surface area contributed by atoms with Gasteiger partial charge in [0.25, 0.3) is 0 Å². The fourth-order valence-corrected chi connectivity index (χ4v) is 1.60. The second-order valence-electron chi connectivity index (χ2n) is 3.90. The first kappa shape index (κ1) is 13.9. The van der Waals surface area contributed by atoms with Crippen molar-refractivity contribution in [2.24, 2.45) is 0 Å². The molecule has 0 heterocycles. The molecular formula is C12H26O2. The van der Waals surface area contributed by atoms with Crippen LogP contribution in [0.3, 0.4) is 0 Å². The molecule has 0 fully saturated rings. The van der Waals surface area contributed by atoms with E-state index in [-0.39, 0.29) is 12.7 Å². The summed E-state index contributed by atoms with van der Waals surface area (Å²) in [6.07, 6.45) is 7.03. The van der Waals surface area contributed by atoms with Gasteiger partial charge in [-0.25, -0.2) is 0 Å². The van der Waals surface area contributed by atoms with Crippen molar-refractivity contribution in [2.75, 3.05) is 6.61 Å². The lowest BCUT2D eigenvalue weighted by Gasteiger charge is -2.22. The van der Waals surface area contributed by atoms with Crippen LogP contribution in [0.25, 0.3) is 0 Å². The van der Waals surface area contributed by atoms with Crippen LogP contribution in [0.5, 0.6) is 0 Å². The summed E-state index contributed by atoms with van der Waals surface area (Å²) >= 11 is 0. The molecule has 0 aromatic rings. The molecule has 2 unspecified atom stereocenters. The van der Waals surface area contributed by atoms with E-state index >= 15 is 0 Å². The van der Waals surface area contributed by atoms with Crippen molar-refractivity contribution in [2.45, 2.75) is 71.5 Å². The zero-order chi connectivity index (χ0) is 10.8. The number of hydrogen-bond acceptors (Lipinski definition) is 2. The molecule has 0 rings (SSSR count). The summed E-state index contributed by atoms with van der Waals surface area (Å²) in [6.45, 7) is 6.65. The molecule has 0 saturated carbocycles. The van der Waals surface area contributed by atoms with Crippen LogP contribution in [0.1, 0.15) is 59.3 Å². The van der Waals surface area contributed by atoms with Crippen LogP contribution in [-0.2, 0) is 4.74 Å². The van der Waals surface area contributed by atoms with E-state index in [2.05, 4.69) is 20.8 Å². The SMILES string of the molecule is CCCCC(CO)OC(CC)CCC. The molecule has 86 valence electrons. The van der Waals surface area contributed by atoms with Gasteiger partial charge < -0.3 is 9.84 Å². The van der Waals surface area contributed by atoms with Crippen LogP contribution in [0, 0.1) is 0 Å². The summed E-state index contributed by atoms with van der Waals surface area (Å²) < 4.78 is 5.84. The van der Waals surface area contributed by atoms with Crippen molar-refractivity contribution in [3.05, 3.63) is 0 Å². The molecule has 0 aromatic heterocycles. The molecule has 0 saturated heterocycles. The Morgan fingerprint density at radius 3 is 2.14 bits per heavy atom. The van der Waals surface area contributed by atoms with Crippen LogP contribution < -0.4 is 0 Å². The van der Waals surface area contributed by atoms with Crippen molar-refractivity contribution in [1.29, 1.82) is 0 Å². The molecule has 0 spiro atoms. The maximum atomic E-state index is 9.14. The second-order valence-corrected chi connectivity index (χ2v) is 3.90. The quantitative estimate of drug-likeness (QED) is 0.622. The molecule has 0 radical (unpaired) electrons. The highest BCUT2D eigenvalue weighted by molar-refractivity contribution is 4.61. The number of aliphatic hydroxyl groups excluding tert-OH is 1. The Kier molecular flexibility index (Phi) is 9.42. The molecule has 14 heavy (non-hydrogen) atoms. The van der Waals surface area contributed by atoms with Crippen LogP contribution in [-0.4, -0.2) is 23.9 Å². The van der Waals surface area contributed by atoms with E-state index in [1.165, 1.54) is 6.42 Å². The molecule has 2 atom stereocenters. The normalized spacial score (nSPS) is 15.4. The van der Waals surface area contributed by atoms with Gasteiger partial charge in [0.15, 0.2) is 0 Å². The third kappa shape index (κ3) is 6.39. The second kappa shape index (κ2) is 9.47. The minimum absolute atomic E-state index is 0.0615. The predicted octanol–water partition coefficient (Wildman–Crippen LogP) is 3.13. The molecule has 0 bridgehead atoms. The summed E-state index contributed by atoms with van der Waals surface area (Å²) in [7, 11) is 0. The maximum absolute atomic E-state index is 9.14. The molecule has 2 nitrogen and oxygen atoms in total. The third-order valence-corrected chi connectivity index (χ3v) is 2.53. The van der Waals surface area contributed by atoms with Gasteiger partial charge >= 0.3 is 0 Å². The first-order valence-electron chi connectivity index (χ1n) is 6.04. The Bertz CT molecular complexity index is 115. The molecule has 1 N–H and O–H groups in total. The standard InChI is InChI=1S/C12H26O2/c1-4-7-9-12(10-13)14-11(6-3)8-5-2/h11-13H,4-10H2,1-3H3. The van der Waals surface area contributed by atoms with E-state index in [4.69, 9.17) is 9.84 Å². The third-order valence-electron chi connectivity index (χ3n) is 2.53. The van der Waals surface area contributed by atoms with Crippen LogP contribution >= 0.6 is 0 Å². The number of ether oxygens (including phenoxy) is 1. The van der Waals surface area contributed by atoms with Gasteiger partial charge in [-0.15, -0.1) is 0 Å². The van der Waals surface area contributed by atoms with Crippen molar-refractivity contribution in [1.82, 2.24) is 0 Å². The van der Waals surface area contributed by atoms with E-state index in [0.29, 0.717) is 6.10 Å². The van der Waals surface area contributed by atoms with E-state index in [1.54, 1.807) is 0 Å². The molecule has 0 aliphatic heterocycles. The first-order chi connectivity index (χ1) is 6.78. The van der Waals surface area contributed by atoms with Gasteiger partial charge in [-0.05, 0) is 19.3 Å². The predicted molar refractivity (Wildman–Crippen MR) is 60.5 cm³/mol. The Balaban J connectivity index is 3.75. The first-order valence-corrected chi connectivity index (χ1v) is 6.04. The minimum Gasteiger partial charge on any atom is -0.394 e. The fourth-order valence-electron chi connectivity index (χ4n) is 1.60. The Morgan fingerprint density at radius 1 is 1.00 bits per heavy atom. The van der Waals surface area contributed by atoms with Crippen molar-refractivity contribution >= 4 is 0 Å². The van der Waals surface area contributed by atoms with E-state index in [1.807, 2.05) is 0 Å². The minimum atomic E-state index is 0.0615. The summed E-state index contributed by atoms with van der Waals surface area (Å²) in [5, 5.41) is 9.14. The summed E-state index contributed by atoms with van der Waals surface area (Å²) in [5.74, 6) is 0. The molecule has 0 amide bonds. The number of aliphatic hydroxyl groups is 1. The highest BCUT2D eigenvalue weighted by atomic mass is 16.5. The van der Waals surface area contributed by atoms with Gasteiger partial charge in [-0.3, -0.25) is 0 Å². The lowest BCUT2D eigenvalue weighted by atomic mass is 10.1. The van der Waals surface area contributed by atoms with Gasteiger partial charge in [0.05, 0.1) is 18.8 Å². The van der Waals surface area contributed by atoms with Crippen molar-refractivity contribution < 1.29 is 9.84 Å². The summed E-state index contributed by atoms with van der Waals surface area (Å²) in [4.78, 5) is 0. The average Bonchev–Trinajstić information content (AvgIpc) is 2.22. The van der Waals surface area contributed by atoms with Gasteiger partial charge in [0.1, 0.15) is 0 Å². The van der Waals surface area contributed by atoms with E-state index in [9.17, 15) is 0 Å². The van der Waals surface area contributed by atoms with Gasteiger partial charge in [0.2, 0.25) is 0 Å². The number of rotatable bonds is 9. The highest BCUT2D eigenvalue weighted by Crippen LogP contribution is 2.13. The fraction of sp³-hybridized carbons (Fsp3) is 1.00. The molecule has 0 aromatic carbocycles.